The third-order valence-corrected chi connectivity index (χ3v) is 2.03. The van der Waals surface area contributed by atoms with Crippen LogP contribution in [0.1, 0.15) is 0 Å². The number of ether oxygens (including phenoxy) is 2. The highest BCUT2D eigenvalue weighted by atomic mass is 16.5. The van der Waals surface area contributed by atoms with Crippen molar-refractivity contribution in [1.29, 1.82) is 0 Å². The minimum absolute atomic E-state index is 0.00672. The third kappa shape index (κ3) is 3.18. The van der Waals surface area contributed by atoms with Gasteiger partial charge in [0.2, 0.25) is 5.75 Å². The molecule has 0 saturated heterocycles. The molecule has 1 aromatic rings. The monoisotopic (exact) mass is 243 g/mol. The van der Waals surface area contributed by atoms with E-state index in [9.17, 15) is 9.59 Å². The molecule has 0 aromatic carbocycles. The minimum Gasteiger partial charge on any atom is -0.489 e. The summed E-state index contributed by atoms with van der Waals surface area (Å²) < 4.78 is 9.57. The molecule has 0 fully saturated rings. The van der Waals surface area contributed by atoms with E-state index in [0.29, 0.717) is 0 Å². The number of carboxylic acids is 1. The van der Waals surface area contributed by atoms with Crippen LogP contribution in [0.3, 0.4) is 0 Å². The maximum Gasteiger partial charge on any atom is 0.334 e. The van der Waals surface area contributed by atoms with Gasteiger partial charge < -0.3 is 24.9 Å². The molecule has 1 unspecified atom stereocenters. The van der Waals surface area contributed by atoms with E-state index in [2.05, 4.69) is 15.3 Å². The van der Waals surface area contributed by atoms with Crippen molar-refractivity contribution in [3.63, 3.8) is 0 Å². The molecule has 0 saturated carbocycles. The summed E-state index contributed by atoms with van der Waals surface area (Å²) in [5, 5.41) is 11.4. The molecule has 0 amide bonds. The van der Waals surface area contributed by atoms with Gasteiger partial charge in [0, 0.05) is 7.11 Å². The zero-order valence-electron chi connectivity index (χ0n) is 9.39. The molecule has 0 aliphatic rings. The molecule has 0 aliphatic heterocycles. The van der Waals surface area contributed by atoms with Crippen LogP contribution in [0, 0.1) is 0 Å². The summed E-state index contributed by atoms with van der Waals surface area (Å²) in [6.45, 7) is -0.0291. The van der Waals surface area contributed by atoms with Crippen LogP contribution in [0.2, 0.25) is 0 Å². The molecule has 0 aliphatic carbocycles. The Morgan fingerprint density at radius 1 is 1.65 bits per heavy atom. The number of H-pyrrole nitrogens is 1. The average Bonchev–Trinajstić information content (AvgIpc) is 2.29. The Kier molecular flexibility index (Phi) is 4.46. The Hall–Kier alpha value is -2.09. The van der Waals surface area contributed by atoms with E-state index in [1.807, 2.05) is 0 Å². The number of aromatic amines is 1. The summed E-state index contributed by atoms with van der Waals surface area (Å²) in [6.07, 6.45) is 0.163. The van der Waals surface area contributed by atoms with Crippen LogP contribution in [0.25, 0.3) is 0 Å². The standard InChI is InChI=1S/C9H13N3O5/c1-16-5(9(14)15)3-10-7-6(17-2)8(13)12-4-11-7/h4-5H,3H2,1-2H3,(H,14,15)(H2,10,11,12,13). The Morgan fingerprint density at radius 2 is 2.35 bits per heavy atom. The van der Waals surface area contributed by atoms with Crippen LogP contribution in [0.4, 0.5) is 5.82 Å². The van der Waals surface area contributed by atoms with E-state index in [1.54, 1.807) is 0 Å². The van der Waals surface area contributed by atoms with Crippen molar-refractivity contribution in [2.45, 2.75) is 6.10 Å². The number of methoxy groups -OCH3 is 2. The number of carboxylic acid groups (broad SMARTS) is 1. The first kappa shape index (κ1) is 13.0. The van der Waals surface area contributed by atoms with Crippen LogP contribution in [-0.4, -0.2) is 47.9 Å². The molecule has 17 heavy (non-hydrogen) atoms. The Bertz CT molecular complexity index is 445. The number of aromatic nitrogens is 2. The third-order valence-electron chi connectivity index (χ3n) is 2.03. The molecule has 1 heterocycles. The second kappa shape index (κ2) is 5.85. The second-order valence-electron chi connectivity index (χ2n) is 3.06. The van der Waals surface area contributed by atoms with Crippen LogP contribution >= 0.6 is 0 Å². The SMILES string of the molecule is COc1c(NCC(OC)C(=O)O)nc[nH]c1=O. The summed E-state index contributed by atoms with van der Waals surface area (Å²) in [4.78, 5) is 28.2. The van der Waals surface area contributed by atoms with Gasteiger partial charge in [-0.25, -0.2) is 9.78 Å². The normalized spacial score (nSPS) is 11.9. The molecule has 1 rings (SSSR count). The molecule has 0 spiro atoms. The summed E-state index contributed by atoms with van der Waals surface area (Å²) in [6, 6.07) is 0. The van der Waals surface area contributed by atoms with E-state index in [-0.39, 0.29) is 18.1 Å². The second-order valence-corrected chi connectivity index (χ2v) is 3.06. The molecule has 3 N–H and O–H groups in total. The summed E-state index contributed by atoms with van der Waals surface area (Å²) in [5.41, 5.74) is -0.450. The maximum atomic E-state index is 11.3. The molecular weight excluding hydrogens is 230 g/mol. The van der Waals surface area contributed by atoms with Gasteiger partial charge in [-0.3, -0.25) is 4.79 Å². The van der Waals surface area contributed by atoms with Crippen LogP contribution in [0.15, 0.2) is 11.1 Å². The van der Waals surface area contributed by atoms with Crippen molar-refractivity contribution in [2.75, 3.05) is 26.1 Å². The highest BCUT2D eigenvalue weighted by Gasteiger charge is 2.17. The highest BCUT2D eigenvalue weighted by molar-refractivity contribution is 5.73. The number of carbonyl (C=O) groups is 1. The van der Waals surface area contributed by atoms with Gasteiger partial charge in [0.1, 0.15) is 0 Å². The van der Waals surface area contributed by atoms with E-state index in [4.69, 9.17) is 14.6 Å². The lowest BCUT2D eigenvalue weighted by atomic mass is 10.3. The van der Waals surface area contributed by atoms with Crippen molar-refractivity contribution in [3.05, 3.63) is 16.7 Å². The molecule has 1 atom stereocenters. The lowest BCUT2D eigenvalue weighted by Crippen LogP contribution is -2.31. The lowest BCUT2D eigenvalue weighted by molar-refractivity contribution is -0.147. The number of anilines is 1. The first-order valence-electron chi connectivity index (χ1n) is 4.71. The molecule has 8 heteroatoms. The quantitative estimate of drug-likeness (QED) is 0.604. The predicted octanol–water partition coefficient (Wildman–Crippen LogP) is -0.710. The number of aliphatic carboxylic acids is 1. The van der Waals surface area contributed by atoms with Crippen molar-refractivity contribution >= 4 is 11.8 Å². The van der Waals surface area contributed by atoms with Crippen molar-refractivity contribution in [3.8, 4) is 5.75 Å². The van der Waals surface area contributed by atoms with Gasteiger partial charge in [0.25, 0.3) is 5.56 Å². The topological polar surface area (TPSA) is 114 Å². The van der Waals surface area contributed by atoms with Gasteiger partial charge in [-0.15, -0.1) is 0 Å². The smallest absolute Gasteiger partial charge is 0.334 e. The number of rotatable bonds is 6. The zero-order valence-corrected chi connectivity index (χ0v) is 9.39. The van der Waals surface area contributed by atoms with Gasteiger partial charge >= 0.3 is 5.97 Å². The Labute approximate surface area is 96.6 Å². The Balaban J connectivity index is 2.78. The van der Waals surface area contributed by atoms with Gasteiger partial charge in [-0.2, -0.15) is 0 Å². The van der Waals surface area contributed by atoms with Gasteiger partial charge in [-0.1, -0.05) is 0 Å². The fraction of sp³-hybridized carbons (Fsp3) is 0.444. The Morgan fingerprint density at radius 3 is 2.88 bits per heavy atom. The first-order chi connectivity index (χ1) is 8.10. The summed E-state index contributed by atoms with van der Waals surface area (Å²) in [5.74, 6) is -0.948. The van der Waals surface area contributed by atoms with Crippen molar-refractivity contribution in [2.24, 2.45) is 0 Å². The minimum atomic E-state index is -1.11. The molecule has 94 valence electrons. The number of nitrogens with zero attached hydrogens (tertiary/aromatic N) is 1. The molecule has 8 nitrogen and oxygen atoms in total. The van der Waals surface area contributed by atoms with E-state index in [1.165, 1.54) is 20.5 Å². The fourth-order valence-corrected chi connectivity index (χ4v) is 1.16. The molecule has 0 radical (unpaired) electrons. The predicted molar refractivity (Wildman–Crippen MR) is 58.3 cm³/mol. The van der Waals surface area contributed by atoms with Crippen molar-refractivity contribution < 1.29 is 19.4 Å². The average molecular weight is 243 g/mol. The highest BCUT2D eigenvalue weighted by Crippen LogP contribution is 2.14. The zero-order chi connectivity index (χ0) is 12.8. The van der Waals surface area contributed by atoms with Gasteiger partial charge in [-0.05, 0) is 0 Å². The van der Waals surface area contributed by atoms with E-state index >= 15 is 0 Å². The molecule has 1 aromatic heterocycles. The number of hydrogen-bond acceptors (Lipinski definition) is 6. The van der Waals surface area contributed by atoms with E-state index in [0.717, 1.165) is 0 Å². The maximum absolute atomic E-state index is 11.3. The van der Waals surface area contributed by atoms with Gasteiger partial charge in [0.05, 0.1) is 20.0 Å². The number of hydrogen-bond donors (Lipinski definition) is 3. The summed E-state index contributed by atoms with van der Waals surface area (Å²) in [7, 11) is 2.60. The summed E-state index contributed by atoms with van der Waals surface area (Å²) >= 11 is 0. The fourth-order valence-electron chi connectivity index (χ4n) is 1.16. The molecule has 0 bridgehead atoms. The van der Waals surface area contributed by atoms with Crippen molar-refractivity contribution in [1.82, 2.24) is 9.97 Å². The first-order valence-corrected chi connectivity index (χ1v) is 4.71. The lowest BCUT2D eigenvalue weighted by Gasteiger charge is -2.13. The molecular formula is C9H13N3O5. The number of nitrogens with one attached hydrogen (secondary N) is 2. The van der Waals surface area contributed by atoms with Gasteiger partial charge in [0.15, 0.2) is 11.9 Å². The van der Waals surface area contributed by atoms with Crippen LogP contribution in [-0.2, 0) is 9.53 Å². The van der Waals surface area contributed by atoms with Crippen LogP contribution < -0.4 is 15.6 Å². The largest absolute Gasteiger partial charge is 0.489 e. The van der Waals surface area contributed by atoms with Crippen LogP contribution in [0.5, 0.6) is 5.75 Å². The van der Waals surface area contributed by atoms with E-state index < -0.39 is 17.6 Å².